The van der Waals surface area contributed by atoms with Crippen LogP contribution in [0.15, 0.2) is 41.4 Å². The minimum Gasteiger partial charge on any atom is -0.205 e. The molecule has 22 heavy (non-hydrogen) atoms. The van der Waals surface area contributed by atoms with E-state index in [9.17, 15) is 8.78 Å². The molecule has 0 heterocycles. The van der Waals surface area contributed by atoms with Gasteiger partial charge < -0.3 is 0 Å². The number of thiocarbonyl (C=S) groups is 1. The zero-order valence-electron chi connectivity index (χ0n) is 11.6. The van der Waals surface area contributed by atoms with E-state index in [4.69, 9.17) is 0 Å². The Hall–Kier alpha value is -2.78. The maximum absolute atomic E-state index is 13.9. The molecule has 0 aromatic heterocycles. The minimum atomic E-state index is -0.768. The lowest BCUT2D eigenvalue weighted by Crippen LogP contribution is -1.92. The lowest BCUT2D eigenvalue weighted by Gasteiger charge is -1.98. The minimum absolute atomic E-state index is 0.157. The number of hydrogen-bond donors (Lipinski definition) is 0. The molecule has 0 N–H and O–H groups in total. The average Bonchev–Trinajstić information content (AvgIpc) is 2.48. The Labute approximate surface area is 132 Å². The summed E-state index contributed by atoms with van der Waals surface area (Å²) in [5.41, 5.74) is 1.64. The van der Waals surface area contributed by atoms with E-state index < -0.39 is 11.6 Å². The van der Waals surface area contributed by atoms with Gasteiger partial charge in [-0.05, 0) is 49.3 Å². The normalized spacial score (nSPS) is 8.86. The monoisotopic (exact) mass is 309 g/mol. The maximum Gasteiger partial charge on any atom is 0.143 e. The van der Waals surface area contributed by atoms with Gasteiger partial charge in [0.15, 0.2) is 0 Å². The summed E-state index contributed by atoms with van der Waals surface area (Å²) in [5.74, 6) is 6.17. The molecule has 4 heteroatoms. The van der Waals surface area contributed by atoms with Crippen LogP contribution in [0.25, 0.3) is 0 Å². The van der Waals surface area contributed by atoms with Crippen molar-refractivity contribution in [2.75, 3.05) is 0 Å². The Bertz CT molecular complexity index is 848. The average molecular weight is 309 g/mol. The van der Waals surface area contributed by atoms with Gasteiger partial charge in [-0.15, -0.1) is 4.99 Å². The summed E-state index contributed by atoms with van der Waals surface area (Å²) in [5, 5.41) is 2.05. The van der Waals surface area contributed by atoms with Crippen LogP contribution >= 0.6 is 12.2 Å². The summed E-state index contributed by atoms with van der Waals surface area (Å²) in [6.07, 6.45) is 0. The van der Waals surface area contributed by atoms with Gasteiger partial charge in [-0.25, -0.2) is 8.78 Å². The predicted molar refractivity (Wildman–Crippen MR) is 85.4 cm³/mol. The molecule has 0 fully saturated rings. The molecule has 0 spiro atoms. The second-order valence-corrected chi connectivity index (χ2v) is 4.55. The van der Waals surface area contributed by atoms with Gasteiger partial charge in [-0.3, -0.25) is 0 Å². The molecule has 1 nitrogen and oxygen atoms in total. The van der Waals surface area contributed by atoms with Gasteiger partial charge in [0.2, 0.25) is 0 Å². The maximum atomic E-state index is 13.9. The van der Waals surface area contributed by atoms with Gasteiger partial charge in [0.25, 0.3) is 0 Å². The smallest absolute Gasteiger partial charge is 0.143 e. The van der Waals surface area contributed by atoms with E-state index in [0.29, 0.717) is 5.56 Å². The number of halogens is 2. The van der Waals surface area contributed by atoms with Crippen molar-refractivity contribution >= 4 is 17.4 Å². The van der Waals surface area contributed by atoms with Crippen LogP contribution in [0.1, 0.15) is 22.3 Å². The summed E-state index contributed by atoms with van der Waals surface area (Å²) in [7, 11) is 0. The molecule has 2 aromatic carbocycles. The van der Waals surface area contributed by atoms with Crippen LogP contribution in [0.4, 0.5) is 8.78 Å². The summed E-state index contributed by atoms with van der Waals surface area (Å²) < 4.78 is 27.8. The molecule has 0 bridgehead atoms. The van der Waals surface area contributed by atoms with Gasteiger partial charge in [0.05, 0.1) is 16.8 Å². The molecular weight excluding hydrogens is 300 g/mol. The highest BCUT2D eigenvalue weighted by molar-refractivity contribution is 7.78. The Kier molecular flexibility index (Phi) is 5.17. The number of nitrogens with zero attached hydrogens (tertiary/aromatic N) is 1. The van der Waals surface area contributed by atoms with E-state index in [1.165, 1.54) is 0 Å². The van der Waals surface area contributed by atoms with Crippen molar-refractivity contribution in [3.63, 3.8) is 0 Å². The number of aliphatic imine (C=N–C) groups is 1. The standard InChI is InChI=1S/C18H9F2NS/c1-13-2-4-14(5-3-13)6-7-16-17(19)10-15(11-18(16)20)8-9-21-12-22/h2-5,10-11H,1H3. The number of hydrogen-bond acceptors (Lipinski definition) is 2. The zero-order chi connectivity index (χ0) is 15.9. The Morgan fingerprint density at radius 1 is 0.909 bits per heavy atom. The quantitative estimate of drug-likeness (QED) is 0.406. The fraction of sp³-hybridized carbons (Fsp3) is 0.0556. The molecule has 106 valence electrons. The molecule has 0 saturated carbocycles. The molecule has 0 amide bonds. The zero-order valence-corrected chi connectivity index (χ0v) is 12.4. The third kappa shape index (κ3) is 4.11. The fourth-order valence-electron chi connectivity index (χ4n) is 1.65. The first-order valence-electron chi connectivity index (χ1n) is 6.26. The van der Waals surface area contributed by atoms with Crippen LogP contribution in [0.3, 0.4) is 0 Å². The predicted octanol–water partition coefficient (Wildman–Crippen LogP) is 4.08. The molecule has 0 aliphatic carbocycles. The summed E-state index contributed by atoms with van der Waals surface area (Å²) in [6, 6.07) is 11.8. The molecule has 0 radical (unpaired) electrons. The molecule has 2 aromatic rings. The van der Waals surface area contributed by atoms with Gasteiger partial charge in [-0.2, -0.15) is 0 Å². The van der Waals surface area contributed by atoms with Crippen molar-refractivity contribution < 1.29 is 8.78 Å². The first-order valence-corrected chi connectivity index (χ1v) is 6.66. The number of benzene rings is 2. The molecular formula is C18H9F2NS. The topological polar surface area (TPSA) is 12.4 Å². The van der Waals surface area contributed by atoms with Crippen molar-refractivity contribution in [3.05, 3.63) is 70.3 Å². The second-order valence-electron chi connectivity index (χ2n) is 4.37. The SMILES string of the molecule is Cc1ccc(C#Cc2c(F)cc(C#CN=C=S)cc2F)cc1. The highest BCUT2D eigenvalue weighted by Gasteiger charge is 2.08. The Morgan fingerprint density at radius 2 is 1.55 bits per heavy atom. The van der Waals surface area contributed by atoms with Crippen molar-refractivity contribution in [3.8, 4) is 23.8 Å². The van der Waals surface area contributed by atoms with E-state index in [0.717, 1.165) is 17.7 Å². The van der Waals surface area contributed by atoms with Crippen LogP contribution in [0, 0.1) is 42.4 Å². The number of aryl methyl sites for hydroxylation is 1. The van der Waals surface area contributed by atoms with Gasteiger partial charge >= 0.3 is 0 Å². The van der Waals surface area contributed by atoms with Crippen molar-refractivity contribution in [1.29, 1.82) is 0 Å². The highest BCUT2D eigenvalue weighted by Crippen LogP contribution is 2.14. The molecule has 0 saturated heterocycles. The first kappa shape index (κ1) is 15.6. The van der Waals surface area contributed by atoms with Gasteiger partial charge in [-0.1, -0.05) is 29.5 Å². The fourth-order valence-corrected chi connectivity index (χ4v) is 1.70. The molecule has 0 unspecified atom stereocenters. The third-order valence-electron chi connectivity index (χ3n) is 2.73. The largest absolute Gasteiger partial charge is 0.205 e. The lowest BCUT2D eigenvalue weighted by atomic mass is 10.1. The summed E-state index contributed by atoms with van der Waals surface area (Å²) in [6.45, 7) is 1.95. The van der Waals surface area contributed by atoms with Crippen LogP contribution in [0.2, 0.25) is 0 Å². The van der Waals surface area contributed by atoms with Crippen LogP contribution in [-0.4, -0.2) is 5.16 Å². The van der Waals surface area contributed by atoms with Crippen molar-refractivity contribution in [1.82, 2.24) is 0 Å². The first-order chi connectivity index (χ1) is 10.6. The van der Waals surface area contributed by atoms with E-state index in [1.807, 2.05) is 24.2 Å². The second kappa shape index (κ2) is 7.29. The van der Waals surface area contributed by atoms with Crippen LogP contribution in [-0.2, 0) is 0 Å². The number of rotatable bonds is 0. The summed E-state index contributed by atoms with van der Waals surface area (Å²) >= 11 is 4.34. The van der Waals surface area contributed by atoms with Gasteiger partial charge in [0.1, 0.15) is 11.6 Å². The Balaban J connectivity index is 2.36. The Morgan fingerprint density at radius 3 is 2.14 bits per heavy atom. The van der Waals surface area contributed by atoms with Crippen LogP contribution in [0.5, 0.6) is 0 Å². The third-order valence-corrected chi connectivity index (χ3v) is 2.82. The van der Waals surface area contributed by atoms with Gasteiger partial charge in [0, 0.05) is 11.1 Å². The van der Waals surface area contributed by atoms with Crippen LogP contribution < -0.4 is 0 Å². The molecule has 0 atom stereocenters. The highest BCUT2D eigenvalue weighted by atomic mass is 32.1. The molecule has 2 rings (SSSR count). The molecule has 0 aliphatic rings. The number of isothiocyanates is 1. The van der Waals surface area contributed by atoms with Crippen molar-refractivity contribution in [2.45, 2.75) is 6.92 Å². The van der Waals surface area contributed by atoms with E-state index >= 15 is 0 Å². The van der Waals surface area contributed by atoms with Crippen molar-refractivity contribution in [2.24, 2.45) is 4.99 Å². The van der Waals surface area contributed by atoms with E-state index in [1.54, 1.807) is 12.1 Å². The van der Waals surface area contributed by atoms with E-state index in [-0.39, 0.29) is 11.1 Å². The summed E-state index contributed by atoms with van der Waals surface area (Å²) in [4.78, 5) is 3.36. The molecule has 0 aliphatic heterocycles. The van der Waals surface area contributed by atoms with E-state index in [2.05, 4.69) is 41.0 Å². The lowest BCUT2D eigenvalue weighted by molar-refractivity contribution is 0.577.